The molecule has 0 aromatic rings. The summed E-state index contributed by atoms with van der Waals surface area (Å²) >= 11 is 0. The van der Waals surface area contributed by atoms with Crippen molar-refractivity contribution in [2.75, 3.05) is 39.3 Å². The maximum Gasteiger partial charge on any atom is 0.426 e. The lowest BCUT2D eigenvalue weighted by Crippen LogP contribution is -2.56. The van der Waals surface area contributed by atoms with Gasteiger partial charge in [-0.3, -0.25) is 0 Å². The Hall–Kier alpha value is -2.23. The number of nitrogens with zero attached hydrogens (tertiary/aromatic N) is 3. The largest absolute Gasteiger partial charge is 0.450 e. The van der Waals surface area contributed by atoms with Gasteiger partial charge in [0.15, 0.2) is 0 Å². The van der Waals surface area contributed by atoms with Crippen LogP contribution in [0.5, 0.6) is 0 Å². The van der Waals surface area contributed by atoms with Gasteiger partial charge in [-0.2, -0.15) is 0 Å². The molecular formula is C25H43N5O5. The highest BCUT2D eigenvalue weighted by molar-refractivity contribution is 5.78. The molecule has 0 radical (unpaired) electrons. The molecule has 0 aromatic carbocycles. The summed E-state index contributed by atoms with van der Waals surface area (Å²) in [6, 6.07) is 0.575. The molecule has 3 saturated heterocycles. The summed E-state index contributed by atoms with van der Waals surface area (Å²) < 4.78 is 10.4. The minimum atomic E-state index is -0.652. The van der Waals surface area contributed by atoms with E-state index in [2.05, 4.69) is 15.8 Å². The Morgan fingerprint density at radius 1 is 1.00 bits per heavy atom. The van der Waals surface area contributed by atoms with Crippen molar-refractivity contribution >= 4 is 18.2 Å². The third-order valence-corrected chi connectivity index (χ3v) is 8.17. The Kier molecular flexibility index (Phi) is 7.68. The SMILES string of the molecule is CCOC(=O)N1CCC2(CC(N3CCC([C@@H]4CCCN4C(=O)NNC(=O)OC(C)(C)C)CC3)C2)C1. The van der Waals surface area contributed by atoms with E-state index in [0.29, 0.717) is 18.6 Å². The summed E-state index contributed by atoms with van der Waals surface area (Å²) in [6.45, 7) is 12.1. The predicted octanol–water partition coefficient (Wildman–Crippen LogP) is 3.32. The number of urea groups is 1. The maximum atomic E-state index is 12.8. The van der Waals surface area contributed by atoms with E-state index in [9.17, 15) is 14.4 Å². The van der Waals surface area contributed by atoms with Gasteiger partial charge in [-0.05, 0) is 97.1 Å². The van der Waals surface area contributed by atoms with Gasteiger partial charge < -0.3 is 24.2 Å². The van der Waals surface area contributed by atoms with Crippen molar-refractivity contribution in [1.29, 1.82) is 0 Å². The average molecular weight is 494 g/mol. The second kappa shape index (κ2) is 10.4. The van der Waals surface area contributed by atoms with Gasteiger partial charge in [0, 0.05) is 31.7 Å². The minimum absolute atomic E-state index is 0.167. The second-order valence-electron chi connectivity index (χ2n) is 11.8. The van der Waals surface area contributed by atoms with Crippen LogP contribution >= 0.6 is 0 Å². The summed E-state index contributed by atoms with van der Waals surface area (Å²) in [4.78, 5) is 43.1. The Balaban J connectivity index is 1.19. The summed E-state index contributed by atoms with van der Waals surface area (Å²) in [7, 11) is 0. The van der Waals surface area contributed by atoms with E-state index in [4.69, 9.17) is 9.47 Å². The number of hydrogen-bond acceptors (Lipinski definition) is 6. The van der Waals surface area contributed by atoms with E-state index in [1.165, 1.54) is 12.8 Å². The summed E-state index contributed by atoms with van der Waals surface area (Å²) in [5.74, 6) is 0.487. The quantitative estimate of drug-likeness (QED) is 0.585. The molecule has 4 rings (SSSR count). The van der Waals surface area contributed by atoms with Crippen LogP contribution in [-0.2, 0) is 9.47 Å². The molecule has 0 bridgehead atoms. The molecule has 1 atom stereocenters. The number of carbonyl (C=O) groups is 3. The number of nitrogens with one attached hydrogen (secondary N) is 2. The molecule has 35 heavy (non-hydrogen) atoms. The van der Waals surface area contributed by atoms with Crippen LogP contribution in [0.3, 0.4) is 0 Å². The van der Waals surface area contributed by atoms with Crippen LogP contribution in [0.2, 0.25) is 0 Å². The lowest BCUT2D eigenvalue weighted by molar-refractivity contribution is -0.0145. The number of amides is 4. The molecule has 10 nitrogen and oxygen atoms in total. The first kappa shape index (κ1) is 25.9. The number of ether oxygens (including phenoxy) is 2. The van der Waals surface area contributed by atoms with Gasteiger partial charge in [-0.15, -0.1) is 0 Å². The molecule has 1 saturated carbocycles. The van der Waals surface area contributed by atoms with Gasteiger partial charge in [0.1, 0.15) is 5.60 Å². The van der Waals surface area contributed by atoms with E-state index in [-0.39, 0.29) is 23.6 Å². The van der Waals surface area contributed by atoms with Crippen LogP contribution in [-0.4, -0.2) is 89.9 Å². The van der Waals surface area contributed by atoms with Crippen LogP contribution in [0.25, 0.3) is 0 Å². The smallest absolute Gasteiger partial charge is 0.426 e. The first-order valence-corrected chi connectivity index (χ1v) is 13.3. The van der Waals surface area contributed by atoms with Crippen molar-refractivity contribution in [1.82, 2.24) is 25.6 Å². The first-order chi connectivity index (χ1) is 16.6. The number of hydrogen-bond donors (Lipinski definition) is 2. The third-order valence-electron chi connectivity index (χ3n) is 8.17. The standard InChI is InChI=1S/C25H43N5O5/c1-5-34-23(33)29-14-10-25(17-29)15-19(16-25)28-12-8-18(9-13-28)20-7-6-11-30(20)21(31)26-27-22(32)35-24(2,3)4/h18-20H,5-17H2,1-4H3,(H,26,31)(H,27,32)/t19?,20-,25?/m0/s1. The zero-order chi connectivity index (χ0) is 25.2. The Morgan fingerprint density at radius 3 is 2.37 bits per heavy atom. The van der Waals surface area contributed by atoms with Gasteiger partial charge in [-0.1, -0.05) is 0 Å². The summed E-state index contributed by atoms with van der Waals surface area (Å²) in [6.07, 6.45) is 6.79. The molecule has 1 aliphatic carbocycles. The van der Waals surface area contributed by atoms with Gasteiger partial charge in [0.05, 0.1) is 6.61 Å². The highest BCUT2D eigenvalue weighted by Crippen LogP contribution is 2.51. The van der Waals surface area contributed by atoms with Crippen molar-refractivity contribution in [3.63, 3.8) is 0 Å². The van der Waals surface area contributed by atoms with Crippen LogP contribution in [0.1, 0.15) is 72.6 Å². The van der Waals surface area contributed by atoms with E-state index < -0.39 is 11.7 Å². The van der Waals surface area contributed by atoms with E-state index in [0.717, 1.165) is 64.8 Å². The summed E-state index contributed by atoms with van der Waals surface area (Å²) in [5, 5.41) is 0. The van der Waals surface area contributed by atoms with Gasteiger partial charge in [0.25, 0.3) is 0 Å². The molecule has 4 amide bonds. The Morgan fingerprint density at radius 2 is 1.71 bits per heavy atom. The van der Waals surface area contributed by atoms with E-state index in [1.807, 2.05) is 16.7 Å². The van der Waals surface area contributed by atoms with Crippen LogP contribution in [0.4, 0.5) is 14.4 Å². The number of rotatable bonds is 3. The number of hydrazine groups is 1. The fraction of sp³-hybridized carbons (Fsp3) is 0.880. The maximum absolute atomic E-state index is 12.8. The number of likely N-dealkylation sites (tertiary alicyclic amines) is 3. The van der Waals surface area contributed by atoms with Gasteiger partial charge in [-0.25, -0.2) is 25.2 Å². The molecule has 3 aliphatic heterocycles. The molecular weight excluding hydrogens is 450 g/mol. The topological polar surface area (TPSA) is 103 Å². The Bertz CT molecular complexity index is 786. The fourth-order valence-corrected chi connectivity index (χ4v) is 6.52. The van der Waals surface area contributed by atoms with Crippen molar-refractivity contribution < 1.29 is 23.9 Å². The molecule has 3 heterocycles. The normalized spacial score (nSPS) is 29.7. The van der Waals surface area contributed by atoms with Crippen molar-refractivity contribution in [3.05, 3.63) is 0 Å². The molecule has 1 spiro atoms. The third kappa shape index (κ3) is 6.13. The zero-order valence-corrected chi connectivity index (χ0v) is 21.8. The molecule has 0 aromatic heterocycles. The van der Waals surface area contributed by atoms with Crippen molar-refractivity contribution in [2.24, 2.45) is 11.3 Å². The molecule has 10 heteroatoms. The van der Waals surface area contributed by atoms with Gasteiger partial charge >= 0.3 is 18.2 Å². The zero-order valence-electron chi connectivity index (χ0n) is 21.8. The van der Waals surface area contributed by atoms with E-state index >= 15 is 0 Å². The first-order valence-electron chi connectivity index (χ1n) is 13.3. The van der Waals surface area contributed by atoms with Crippen molar-refractivity contribution in [2.45, 2.75) is 90.3 Å². The highest BCUT2D eigenvalue weighted by Gasteiger charge is 2.51. The van der Waals surface area contributed by atoms with Crippen LogP contribution in [0, 0.1) is 11.3 Å². The molecule has 2 N–H and O–H groups in total. The predicted molar refractivity (Wildman–Crippen MR) is 131 cm³/mol. The lowest BCUT2D eigenvalue weighted by Gasteiger charge is -2.52. The molecule has 4 fully saturated rings. The molecule has 4 aliphatic rings. The second-order valence-corrected chi connectivity index (χ2v) is 11.8. The number of carbonyl (C=O) groups excluding carboxylic acids is 3. The summed E-state index contributed by atoms with van der Waals surface area (Å²) in [5.41, 5.74) is 4.57. The van der Waals surface area contributed by atoms with E-state index in [1.54, 1.807) is 20.8 Å². The van der Waals surface area contributed by atoms with Crippen LogP contribution in [0.15, 0.2) is 0 Å². The monoisotopic (exact) mass is 493 g/mol. The lowest BCUT2D eigenvalue weighted by atomic mass is 9.64. The number of piperidine rings is 1. The molecule has 198 valence electrons. The van der Waals surface area contributed by atoms with Crippen molar-refractivity contribution in [3.8, 4) is 0 Å². The van der Waals surface area contributed by atoms with Crippen LogP contribution < -0.4 is 10.9 Å². The highest BCUT2D eigenvalue weighted by atomic mass is 16.6. The fourth-order valence-electron chi connectivity index (χ4n) is 6.52. The Labute approximate surface area is 209 Å². The van der Waals surface area contributed by atoms with Gasteiger partial charge in [0.2, 0.25) is 0 Å². The minimum Gasteiger partial charge on any atom is -0.450 e. The average Bonchev–Trinajstić information content (AvgIpc) is 3.44. The molecule has 0 unspecified atom stereocenters.